The van der Waals surface area contributed by atoms with E-state index in [-0.39, 0.29) is 18.4 Å². The quantitative estimate of drug-likeness (QED) is 0.610. The Kier molecular flexibility index (Phi) is 8.54. The minimum atomic E-state index is -0.191. The number of rotatable bonds is 10. The van der Waals surface area contributed by atoms with Crippen molar-refractivity contribution in [3.8, 4) is 0 Å². The average Bonchev–Trinajstić information content (AvgIpc) is 3.08. The van der Waals surface area contributed by atoms with E-state index in [1.807, 2.05) is 36.9 Å². The van der Waals surface area contributed by atoms with E-state index in [2.05, 4.69) is 0 Å². The number of amides is 2. The van der Waals surface area contributed by atoms with Crippen LogP contribution in [0.25, 0.3) is 0 Å². The van der Waals surface area contributed by atoms with Gasteiger partial charge in [-0.05, 0) is 36.8 Å². The highest BCUT2D eigenvalue weighted by Gasteiger charge is 2.22. The second-order valence-electron chi connectivity index (χ2n) is 6.66. The van der Waals surface area contributed by atoms with Gasteiger partial charge in [0.15, 0.2) is 0 Å². The van der Waals surface area contributed by atoms with Crippen LogP contribution < -0.4 is 0 Å². The van der Waals surface area contributed by atoms with E-state index in [1.54, 1.807) is 41.2 Å². The third kappa shape index (κ3) is 6.11. The lowest BCUT2D eigenvalue weighted by molar-refractivity contribution is -0.133. The highest BCUT2D eigenvalue weighted by atomic mass is 35.5. The molecule has 1 heterocycles. The summed E-state index contributed by atoms with van der Waals surface area (Å²) in [4.78, 5) is 29.2. The van der Waals surface area contributed by atoms with E-state index in [0.29, 0.717) is 36.8 Å². The molecule has 0 spiro atoms. The number of carbonyl (C=O) groups is 2. The Morgan fingerprint density at radius 2 is 1.93 bits per heavy atom. The van der Waals surface area contributed by atoms with E-state index >= 15 is 0 Å². The lowest BCUT2D eigenvalue weighted by atomic mass is 10.2. The summed E-state index contributed by atoms with van der Waals surface area (Å²) < 4.78 is 7.14. The zero-order valence-electron chi connectivity index (χ0n) is 16.7. The third-order valence-electron chi connectivity index (χ3n) is 4.50. The molecule has 152 valence electrons. The molecule has 0 saturated carbocycles. The molecule has 2 amide bonds. The summed E-state index contributed by atoms with van der Waals surface area (Å²) in [5.41, 5.74) is 1.51. The van der Waals surface area contributed by atoms with Crippen LogP contribution in [0.4, 0.5) is 0 Å². The first-order valence-corrected chi connectivity index (χ1v) is 9.75. The van der Waals surface area contributed by atoms with Crippen LogP contribution in [0.3, 0.4) is 0 Å². The number of hydrogen-bond donors (Lipinski definition) is 0. The number of ether oxygens (including phenoxy) is 1. The number of halogens is 1. The highest BCUT2D eigenvalue weighted by Crippen LogP contribution is 2.14. The number of methoxy groups -OCH3 is 1. The van der Waals surface area contributed by atoms with E-state index in [4.69, 9.17) is 16.3 Å². The summed E-state index contributed by atoms with van der Waals surface area (Å²) >= 11 is 6.02. The third-order valence-corrected chi connectivity index (χ3v) is 4.74. The molecule has 0 aliphatic carbocycles. The Labute approximate surface area is 171 Å². The second-order valence-corrected chi connectivity index (χ2v) is 7.09. The van der Waals surface area contributed by atoms with Crippen LogP contribution in [0.15, 0.2) is 42.6 Å². The lowest BCUT2D eigenvalue weighted by Gasteiger charge is -2.27. The number of aromatic nitrogens is 1. The molecule has 0 radical (unpaired) electrons. The van der Waals surface area contributed by atoms with Gasteiger partial charge in [-0.1, -0.05) is 24.6 Å². The van der Waals surface area contributed by atoms with Gasteiger partial charge in [-0.15, -0.1) is 0 Å². The topological polar surface area (TPSA) is 54.8 Å². The summed E-state index contributed by atoms with van der Waals surface area (Å²) in [6.45, 7) is 3.87. The largest absolute Gasteiger partial charge is 0.383 e. The zero-order chi connectivity index (χ0) is 20.5. The minimum absolute atomic E-state index is 0.0212. The molecule has 0 saturated heterocycles. The smallest absolute Gasteiger partial charge is 0.254 e. The number of carbonyl (C=O) groups excluding carboxylic acids is 2. The van der Waals surface area contributed by atoms with Crippen molar-refractivity contribution in [3.05, 3.63) is 58.9 Å². The van der Waals surface area contributed by atoms with Gasteiger partial charge in [0.05, 0.1) is 13.2 Å². The van der Waals surface area contributed by atoms with E-state index in [9.17, 15) is 9.59 Å². The van der Waals surface area contributed by atoms with Crippen molar-refractivity contribution in [1.82, 2.24) is 14.4 Å². The van der Waals surface area contributed by atoms with Gasteiger partial charge < -0.3 is 19.1 Å². The van der Waals surface area contributed by atoms with Crippen LogP contribution in [0.1, 0.15) is 29.4 Å². The van der Waals surface area contributed by atoms with Crippen molar-refractivity contribution >= 4 is 23.4 Å². The van der Waals surface area contributed by atoms with Gasteiger partial charge in [0.2, 0.25) is 5.91 Å². The summed E-state index contributed by atoms with van der Waals surface area (Å²) in [6.07, 6.45) is 2.70. The fraction of sp³-hybridized carbons (Fsp3) is 0.429. The number of aryl methyl sites for hydroxylation is 1. The molecule has 28 heavy (non-hydrogen) atoms. The Balaban J connectivity index is 2.14. The Hall–Kier alpha value is -2.31. The molecule has 0 unspecified atom stereocenters. The number of hydrogen-bond acceptors (Lipinski definition) is 3. The van der Waals surface area contributed by atoms with Gasteiger partial charge in [-0.2, -0.15) is 0 Å². The molecule has 1 aromatic carbocycles. The van der Waals surface area contributed by atoms with Crippen LogP contribution in [0.5, 0.6) is 0 Å². The van der Waals surface area contributed by atoms with Crippen LogP contribution in [-0.2, 0) is 23.1 Å². The molecule has 2 aromatic rings. The first-order valence-electron chi connectivity index (χ1n) is 9.38. The minimum Gasteiger partial charge on any atom is -0.383 e. The van der Waals surface area contributed by atoms with Crippen molar-refractivity contribution in [2.45, 2.75) is 19.9 Å². The van der Waals surface area contributed by atoms with Crippen LogP contribution in [-0.4, -0.2) is 59.5 Å². The van der Waals surface area contributed by atoms with Crippen LogP contribution in [0, 0.1) is 0 Å². The normalized spacial score (nSPS) is 10.7. The molecule has 0 fully saturated rings. The first kappa shape index (κ1) is 22.0. The van der Waals surface area contributed by atoms with Crippen molar-refractivity contribution in [1.29, 1.82) is 0 Å². The van der Waals surface area contributed by atoms with Crippen molar-refractivity contribution in [2.75, 3.05) is 33.4 Å². The van der Waals surface area contributed by atoms with Gasteiger partial charge in [0, 0.05) is 49.7 Å². The molecule has 2 rings (SSSR count). The van der Waals surface area contributed by atoms with Gasteiger partial charge >= 0.3 is 0 Å². The van der Waals surface area contributed by atoms with Gasteiger partial charge in [-0.25, -0.2) is 0 Å². The highest BCUT2D eigenvalue weighted by molar-refractivity contribution is 6.30. The maximum atomic E-state index is 13.0. The molecule has 0 bridgehead atoms. The maximum absolute atomic E-state index is 13.0. The Morgan fingerprint density at radius 3 is 2.54 bits per heavy atom. The van der Waals surface area contributed by atoms with E-state index in [1.165, 1.54) is 0 Å². The summed E-state index contributed by atoms with van der Waals surface area (Å²) in [5.74, 6) is -0.301. The maximum Gasteiger partial charge on any atom is 0.254 e. The van der Waals surface area contributed by atoms with Gasteiger partial charge in [0.1, 0.15) is 6.54 Å². The summed E-state index contributed by atoms with van der Waals surface area (Å²) in [6, 6.07) is 10.7. The van der Waals surface area contributed by atoms with Gasteiger partial charge in [-0.3, -0.25) is 9.59 Å². The Bertz CT molecular complexity index is 791. The zero-order valence-corrected chi connectivity index (χ0v) is 17.5. The lowest BCUT2D eigenvalue weighted by Crippen LogP contribution is -2.44. The molecule has 0 N–H and O–H groups in total. The number of nitrogens with zero attached hydrogens (tertiary/aromatic N) is 3. The fourth-order valence-corrected chi connectivity index (χ4v) is 3.13. The SMILES string of the molecule is CCCN(CC(=O)N(CCOC)Cc1cccn1C)C(=O)c1cccc(Cl)c1. The van der Waals surface area contributed by atoms with E-state index in [0.717, 1.165) is 12.1 Å². The van der Waals surface area contributed by atoms with Crippen molar-refractivity contribution in [3.63, 3.8) is 0 Å². The van der Waals surface area contributed by atoms with E-state index < -0.39 is 0 Å². The van der Waals surface area contributed by atoms with Gasteiger partial charge in [0.25, 0.3) is 5.91 Å². The molecular formula is C21H28ClN3O3. The van der Waals surface area contributed by atoms with Crippen molar-refractivity contribution < 1.29 is 14.3 Å². The summed E-state index contributed by atoms with van der Waals surface area (Å²) in [5, 5.41) is 0.499. The predicted molar refractivity (Wildman–Crippen MR) is 110 cm³/mol. The average molecular weight is 406 g/mol. The number of benzene rings is 1. The molecule has 0 aliphatic rings. The van der Waals surface area contributed by atoms with Crippen molar-refractivity contribution in [2.24, 2.45) is 7.05 Å². The fourth-order valence-electron chi connectivity index (χ4n) is 2.94. The first-order chi connectivity index (χ1) is 13.5. The molecule has 7 heteroatoms. The molecule has 1 aromatic heterocycles. The predicted octanol–water partition coefficient (Wildman–Crippen LogP) is 3.21. The molecule has 0 aliphatic heterocycles. The standard InChI is InChI=1S/C21H28ClN3O3/c1-4-10-25(21(27)17-7-5-8-18(22)14-17)16-20(26)24(12-13-28-3)15-19-9-6-11-23(19)2/h5-9,11,14H,4,10,12-13,15-16H2,1-3H3. The summed E-state index contributed by atoms with van der Waals surface area (Å²) in [7, 11) is 3.55. The molecule has 0 atom stereocenters. The monoisotopic (exact) mass is 405 g/mol. The molecule has 6 nitrogen and oxygen atoms in total. The molecular weight excluding hydrogens is 378 g/mol. The van der Waals surface area contributed by atoms with Crippen LogP contribution in [0.2, 0.25) is 5.02 Å². The van der Waals surface area contributed by atoms with Crippen LogP contribution >= 0.6 is 11.6 Å². The Morgan fingerprint density at radius 1 is 1.14 bits per heavy atom. The second kappa shape index (κ2) is 10.9.